The smallest absolute Gasteiger partial charge is 0.252 e. The molecular formula is C20H25N5O3. The Morgan fingerprint density at radius 1 is 1.32 bits per heavy atom. The lowest BCUT2D eigenvalue weighted by Gasteiger charge is -2.35. The van der Waals surface area contributed by atoms with E-state index in [1.807, 2.05) is 46.6 Å². The fourth-order valence-electron chi connectivity index (χ4n) is 3.90. The summed E-state index contributed by atoms with van der Waals surface area (Å²) in [4.78, 5) is 12.8. The molecule has 2 heterocycles. The molecule has 1 amide bonds. The molecule has 2 N–H and O–H groups in total. The number of ether oxygens (including phenoxy) is 1. The summed E-state index contributed by atoms with van der Waals surface area (Å²) in [7, 11) is 3.62. The molecule has 0 spiro atoms. The number of rotatable bonds is 7. The first-order chi connectivity index (χ1) is 13.6. The van der Waals surface area contributed by atoms with Gasteiger partial charge in [-0.2, -0.15) is 0 Å². The number of hydrogen-bond acceptors (Lipinski definition) is 5. The average Bonchev–Trinajstić information content (AvgIpc) is 3.25. The molecule has 1 fully saturated rings. The molecule has 28 heavy (non-hydrogen) atoms. The Kier molecular flexibility index (Phi) is 5.15. The number of nitrogens with one attached hydrogen (secondary N) is 1. The van der Waals surface area contributed by atoms with E-state index >= 15 is 0 Å². The molecule has 4 rings (SSSR count). The number of aliphatic hydroxyl groups is 1. The van der Waals surface area contributed by atoms with E-state index in [0.717, 1.165) is 29.6 Å². The van der Waals surface area contributed by atoms with Gasteiger partial charge in [0, 0.05) is 55.3 Å². The van der Waals surface area contributed by atoms with E-state index in [4.69, 9.17) is 4.74 Å². The van der Waals surface area contributed by atoms with Crippen LogP contribution in [0.1, 0.15) is 40.8 Å². The van der Waals surface area contributed by atoms with Crippen molar-refractivity contribution in [3.8, 4) is 0 Å². The number of amides is 1. The summed E-state index contributed by atoms with van der Waals surface area (Å²) < 4.78 is 9.08. The second kappa shape index (κ2) is 7.73. The monoisotopic (exact) mass is 383 g/mol. The molecule has 1 saturated carbocycles. The number of carbonyl (C=O) groups is 1. The summed E-state index contributed by atoms with van der Waals surface area (Å²) in [5, 5.41) is 21.9. The highest BCUT2D eigenvalue weighted by Gasteiger charge is 2.35. The normalized spacial score (nSPS) is 19.0. The molecule has 2 aromatic heterocycles. The van der Waals surface area contributed by atoms with Gasteiger partial charge in [-0.25, -0.2) is 0 Å². The van der Waals surface area contributed by atoms with Gasteiger partial charge in [-0.3, -0.25) is 4.79 Å². The standard InChI is InChI=1S/C20H25N5O3/c1-24-7-6-15-16(4-3-5-17(15)24)20(27)21-14-10-13(11-14)19-23-22-18(12-26)25(19)8-9-28-2/h3-7,13-14,26H,8-12H2,1-2H3,(H,21,27). The summed E-state index contributed by atoms with van der Waals surface area (Å²) in [5.74, 6) is 1.59. The lowest BCUT2D eigenvalue weighted by Crippen LogP contribution is -2.44. The Balaban J connectivity index is 1.42. The highest BCUT2D eigenvalue weighted by Crippen LogP contribution is 2.36. The SMILES string of the molecule is COCCn1c(CO)nnc1C1CC(NC(=O)c2cccc3c2ccn3C)C1. The Hall–Kier alpha value is -2.71. The third-order valence-electron chi connectivity index (χ3n) is 5.53. The largest absolute Gasteiger partial charge is 0.388 e. The van der Waals surface area contributed by atoms with Crippen LogP contribution in [0.5, 0.6) is 0 Å². The molecule has 0 saturated heterocycles. The zero-order chi connectivity index (χ0) is 19.7. The first kappa shape index (κ1) is 18.6. The Morgan fingerprint density at radius 3 is 2.89 bits per heavy atom. The zero-order valence-corrected chi connectivity index (χ0v) is 16.1. The lowest BCUT2D eigenvalue weighted by atomic mass is 9.79. The highest BCUT2D eigenvalue weighted by molar-refractivity contribution is 6.06. The van der Waals surface area contributed by atoms with Crippen LogP contribution in [0, 0.1) is 0 Å². The highest BCUT2D eigenvalue weighted by atomic mass is 16.5. The van der Waals surface area contributed by atoms with Crippen molar-refractivity contribution in [1.29, 1.82) is 0 Å². The molecule has 0 aliphatic heterocycles. The van der Waals surface area contributed by atoms with Gasteiger partial charge in [0.05, 0.1) is 6.61 Å². The van der Waals surface area contributed by atoms with Crippen LogP contribution in [-0.4, -0.2) is 50.1 Å². The van der Waals surface area contributed by atoms with Gasteiger partial charge >= 0.3 is 0 Å². The second-order valence-corrected chi connectivity index (χ2v) is 7.28. The van der Waals surface area contributed by atoms with Crippen molar-refractivity contribution in [2.75, 3.05) is 13.7 Å². The number of aliphatic hydroxyl groups excluding tert-OH is 1. The van der Waals surface area contributed by atoms with Gasteiger partial charge in [0.1, 0.15) is 12.4 Å². The van der Waals surface area contributed by atoms with Crippen molar-refractivity contribution < 1.29 is 14.6 Å². The quantitative estimate of drug-likeness (QED) is 0.646. The summed E-state index contributed by atoms with van der Waals surface area (Å²) in [5.41, 5.74) is 1.74. The molecule has 0 unspecified atom stereocenters. The summed E-state index contributed by atoms with van der Waals surface area (Å²) in [6, 6.07) is 7.87. The fraction of sp³-hybridized carbons (Fsp3) is 0.450. The van der Waals surface area contributed by atoms with Gasteiger partial charge in [-0.1, -0.05) is 6.07 Å². The van der Waals surface area contributed by atoms with Crippen LogP contribution in [0.3, 0.4) is 0 Å². The first-order valence-corrected chi connectivity index (χ1v) is 9.49. The molecule has 8 heteroatoms. The van der Waals surface area contributed by atoms with E-state index in [9.17, 15) is 9.90 Å². The maximum Gasteiger partial charge on any atom is 0.252 e. The van der Waals surface area contributed by atoms with Crippen LogP contribution in [0.15, 0.2) is 30.5 Å². The molecule has 0 bridgehead atoms. The van der Waals surface area contributed by atoms with Gasteiger partial charge in [-0.05, 0) is 31.0 Å². The maximum absolute atomic E-state index is 12.8. The van der Waals surface area contributed by atoms with Gasteiger partial charge in [0.15, 0.2) is 5.82 Å². The molecule has 1 aromatic carbocycles. The van der Waals surface area contributed by atoms with Gasteiger partial charge in [0.25, 0.3) is 5.91 Å². The summed E-state index contributed by atoms with van der Waals surface area (Å²) >= 11 is 0. The molecule has 0 radical (unpaired) electrons. The molecule has 1 aliphatic carbocycles. The van der Waals surface area contributed by atoms with Crippen molar-refractivity contribution in [3.63, 3.8) is 0 Å². The van der Waals surface area contributed by atoms with Gasteiger partial charge in [0.2, 0.25) is 0 Å². The Bertz CT molecular complexity index is 987. The van der Waals surface area contributed by atoms with Crippen molar-refractivity contribution in [2.24, 2.45) is 7.05 Å². The maximum atomic E-state index is 12.8. The molecule has 148 valence electrons. The third-order valence-corrected chi connectivity index (χ3v) is 5.53. The van der Waals surface area contributed by atoms with E-state index in [-0.39, 0.29) is 24.5 Å². The molecule has 1 aliphatic rings. The number of hydrogen-bond donors (Lipinski definition) is 2. The molecular weight excluding hydrogens is 358 g/mol. The predicted molar refractivity (Wildman–Crippen MR) is 104 cm³/mol. The first-order valence-electron chi connectivity index (χ1n) is 9.49. The number of carbonyl (C=O) groups excluding carboxylic acids is 1. The Morgan fingerprint density at radius 2 is 2.14 bits per heavy atom. The average molecular weight is 383 g/mol. The summed E-state index contributed by atoms with van der Waals surface area (Å²) in [6.45, 7) is 0.995. The van der Waals surface area contributed by atoms with E-state index in [1.165, 1.54) is 0 Å². The zero-order valence-electron chi connectivity index (χ0n) is 16.1. The van der Waals surface area contributed by atoms with Crippen molar-refractivity contribution in [1.82, 2.24) is 24.6 Å². The number of aromatic nitrogens is 4. The van der Waals surface area contributed by atoms with Crippen molar-refractivity contribution in [2.45, 2.75) is 38.0 Å². The predicted octanol–water partition coefficient (Wildman–Crippen LogP) is 1.58. The third kappa shape index (κ3) is 3.29. The fourth-order valence-corrected chi connectivity index (χ4v) is 3.90. The minimum Gasteiger partial charge on any atom is -0.388 e. The van der Waals surface area contributed by atoms with Gasteiger partial charge in [-0.15, -0.1) is 10.2 Å². The van der Waals surface area contributed by atoms with Crippen molar-refractivity contribution in [3.05, 3.63) is 47.7 Å². The van der Waals surface area contributed by atoms with E-state index in [2.05, 4.69) is 15.5 Å². The van der Waals surface area contributed by atoms with Crippen LogP contribution in [0.25, 0.3) is 10.9 Å². The van der Waals surface area contributed by atoms with Crippen molar-refractivity contribution >= 4 is 16.8 Å². The molecule has 3 aromatic rings. The van der Waals surface area contributed by atoms with Crippen LogP contribution in [0.4, 0.5) is 0 Å². The van der Waals surface area contributed by atoms with Crippen LogP contribution in [0.2, 0.25) is 0 Å². The minimum absolute atomic E-state index is 0.0443. The lowest BCUT2D eigenvalue weighted by molar-refractivity contribution is 0.0908. The number of fused-ring (bicyclic) bond motifs is 1. The van der Waals surface area contributed by atoms with Crippen LogP contribution in [-0.2, 0) is 24.9 Å². The topological polar surface area (TPSA) is 94.2 Å². The second-order valence-electron chi connectivity index (χ2n) is 7.28. The number of aryl methyl sites for hydroxylation is 1. The number of methoxy groups -OCH3 is 1. The number of nitrogens with zero attached hydrogens (tertiary/aromatic N) is 4. The number of benzene rings is 1. The van der Waals surface area contributed by atoms with Crippen LogP contribution >= 0.6 is 0 Å². The van der Waals surface area contributed by atoms with Crippen LogP contribution < -0.4 is 5.32 Å². The minimum atomic E-state index is -0.148. The van der Waals surface area contributed by atoms with Gasteiger partial charge < -0.3 is 24.3 Å². The molecule has 0 atom stereocenters. The van der Waals surface area contributed by atoms with E-state index in [0.29, 0.717) is 24.5 Å². The van der Waals surface area contributed by atoms with E-state index in [1.54, 1.807) is 7.11 Å². The van der Waals surface area contributed by atoms with E-state index < -0.39 is 0 Å². The Labute approximate surface area is 163 Å². The molecule has 8 nitrogen and oxygen atoms in total. The summed E-state index contributed by atoms with van der Waals surface area (Å²) in [6.07, 6.45) is 3.59.